The third kappa shape index (κ3) is 2.88. The number of amidine groups is 2. The van der Waals surface area contributed by atoms with Gasteiger partial charge in [0.05, 0.1) is 12.7 Å². The second-order valence-electron chi connectivity index (χ2n) is 6.68. The van der Waals surface area contributed by atoms with Gasteiger partial charge in [-0.2, -0.15) is 4.99 Å². The molecule has 1 aromatic heterocycles. The van der Waals surface area contributed by atoms with Gasteiger partial charge < -0.3 is 9.30 Å². The third-order valence-electron chi connectivity index (χ3n) is 4.89. The van der Waals surface area contributed by atoms with E-state index in [-0.39, 0.29) is 11.7 Å². The van der Waals surface area contributed by atoms with E-state index in [0.717, 1.165) is 34.1 Å². The number of aryl methyl sites for hydroxylation is 1. The molecule has 2 aromatic rings. The number of aliphatic imine (C=N–C) groups is 1. The molecule has 4 rings (SSSR count). The average molecular weight is 392 g/mol. The monoisotopic (exact) mass is 392 g/mol. The Morgan fingerprint density at radius 1 is 1.18 bits per heavy atom. The standard InChI is InChI=1S/C21H20N4O2S/c1-12-9-15(14(3)24(12)16-5-7-17(27-4)8-6-16)10-18-19(22)25-13(2)11-28-21(25)23-20(18)26/h5-11,22H,1-4H3. The normalized spacial score (nSPS) is 17.7. The molecule has 3 heterocycles. The summed E-state index contributed by atoms with van der Waals surface area (Å²) < 4.78 is 7.35. The molecule has 7 heteroatoms. The molecule has 28 heavy (non-hydrogen) atoms. The van der Waals surface area contributed by atoms with Gasteiger partial charge in [0.15, 0.2) is 5.17 Å². The molecule has 0 saturated heterocycles. The Balaban J connectivity index is 1.75. The van der Waals surface area contributed by atoms with E-state index in [1.54, 1.807) is 18.1 Å². The quantitative estimate of drug-likeness (QED) is 0.792. The van der Waals surface area contributed by atoms with Crippen molar-refractivity contribution < 1.29 is 9.53 Å². The molecular formula is C21H20N4O2S. The molecule has 2 aliphatic rings. The number of carbonyl (C=O) groups excluding carboxylic acids is 1. The second-order valence-corrected chi connectivity index (χ2v) is 7.52. The maximum absolute atomic E-state index is 12.5. The maximum atomic E-state index is 12.5. The fourth-order valence-electron chi connectivity index (χ4n) is 3.46. The minimum absolute atomic E-state index is 0.169. The number of aromatic nitrogens is 1. The van der Waals surface area contributed by atoms with Crippen molar-refractivity contribution in [3.05, 3.63) is 64.0 Å². The molecule has 1 N–H and O–H groups in total. The highest BCUT2D eigenvalue weighted by atomic mass is 32.2. The molecule has 1 aromatic carbocycles. The number of hydrogen-bond acceptors (Lipinski definition) is 4. The van der Waals surface area contributed by atoms with E-state index in [1.165, 1.54) is 11.8 Å². The van der Waals surface area contributed by atoms with Crippen LogP contribution in [0.4, 0.5) is 0 Å². The topological polar surface area (TPSA) is 70.7 Å². The van der Waals surface area contributed by atoms with Crippen LogP contribution in [0.3, 0.4) is 0 Å². The van der Waals surface area contributed by atoms with Crippen LogP contribution in [-0.2, 0) is 4.79 Å². The lowest BCUT2D eigenvalue weighted by molar-refractivity contribution is -0.114. The first-order valence-corrected chi connectivity index (χ1v) is 9.69. The molecule has 0 aliphatic carbocycles. The number of thioether (sulfide) groups is 1. The predicted molar refractivity (Wildman–Crippen MR) is 113 cm³/mol. The number of allylic oxidation sites excluding steroid dienone is 1. The van der Waals surface area contributed by atoms with Crippen LogP contribution in [0, 0.1) is 19.3 Å². The van der Waals surface area contributed by atoms with Gasteiger partial charge in [-0.3, -0.25) is 15.1 Å². The summed E-state index contributed by atoms with van der Waals surface area (Å²) >= 11 is 1.37. The molecule has 0 unspecified atom stereocenters. The van der Waals surface area contributed by atoms with Crippen LogP contribution < -0.4 is 4.74 Å². The van der Waals surface area contributed by atoms with Gasteiger partial charge in [0.25, 0.3) is 5.91 Å². The minimum atomic E-state index is -0.374. The van der Waals surface area contributed by atoms with Crippen molar-refractivity contribution >= 4 is 34.7 Å². The van der Waals surface area contributed by atoms with Crippen molar-refractivity contribution in [2.24, 2.45) is 4.99 Å². The van der Waals surface area contributed by atoms with Crippen molar-refractivity contribution in [1.82, 2.24) is 9.47 Å². The van der Waals surface area contributed by atoms with E-state index in [9.17, 15) is 4.79 Å². The SMILES string of the molecule is COc1ccc(-n2c(C)cc(C=C3C(=N)N4C(C)=CSC4=NC3=O)c2C)cc1. The number of hydrogen-bond donors (Lipinski definition) is 1. The first-order valence-electron chi connectivity index (χ1n) is 8.81. The predicted octanol–water partition coefficient (Wildman–Crippen LogP) is 4.27. The van der Waals surface area contributed by atoms with Crippen LogP contribution in [0.15, 0.2) is 52.0 Å². The number of benzene rings is 1. The summed E-state index contributed by atoms with van der Waals surface area (Å²) in [7, 11) is 1.64. The van der Waals surface area contributed by atoms with Crippen LogP contribution in [0.5, 0.6) is 5.75 Å². The number of amides is 1. The summed E-state index contributed by atoms with van der Waals surface area (Å²) in [6, 6.07) is 9.85. The molecule has 0 radical (unpaired) electrons. The fraction of sp³-hybridized carbons (Fsp3) is 0.190. The molecule has 0 atom stereocenters. The Kier molecular flexibility index (Phi) is 4.47. The largest absolute Gasteiger partial charge is 0.497 e. The molecule has 0 fully saturated rings. The van der Waals surface area contributed by atoms with Crippen molar-refractivity contribution in [3.8, 4) is 11.4 Å². The Morgan fingerprint density at radius 2 is 1.89 bits per heavy atom. The van der Waals surface area contributed by atoms with E-state index in [4.69, 9.17) is 10.1 Å². The van der Waals surface area contributed by atoms with Crippen molar-refractivity contribution in [1.29, 1.82) is 5.41 Å². The minimum Gasteiger partial charge on any atom is -0.497 e. The molecular weight excluding hydrogens is 372 g/mol. The van der Waals surface area contributed by atoms with Crippen molar-refractivity contribution in [3.63, 3.8) is 0 Å². The summed E-state index contributed by atoms with van der Waals surface area (Å²) in [5, 5.41) is 11.0. The van der Waals surface area contributed by atoms with Gasteiger partial charge >= 0.3 is 0 Å². The van der Waals surface area contributed by atoms with Crippen LogP contribution >= 0.6 is 11.8 Å². The first-order chi connectivity index (χ1) is 13.4. The summed E-state index contributed by atoms with van der Waals surface area (Å²) in [4.78, 5) is 18.4. The van der Waals surface area contributed by atoms with E-state index >= 15 is 0 Å². The zero-order chi connectivity index (χ0) is 20.0. The van der Waals surface area contributed by atoms with Gasteiger partial charge in [-0.15, -0.1) is 0 Å². The number of rotatable bonds is 3. The summed E-state index contributed by atoms with van der Waals surface area (Å²) in [5.41, 5.74) is 5.15. The molecule has 6 nitrogen and oxygen atoms in total. The van der Waals surface area contributed by atoms with Crippen molar-refractivity contribution in [2.75, 3.05) is 7.11 Å². The van der Waals surface area contributed by atoms with Gasteiger partial charge in [0.2, 0.25) is 0 Å². The summed E-state index contributed by atoms with van der Waals surface area (Å²) in [5.74, 6) is 0.597. The molecule has 2 aliphatic heterocycles. The highest BCUT2D eigenvalue weighted by molar-refractivity contribution is 8.16. The van der Waals surface area contributed by atoms with E-state index in [1.807, 2.05) is 56.5 Å². The van der Waals surface area contributed by atoms with Gasteiger partial charge in [0.1, 0.15) is 11.6 Å². The Hall–Kier alpha value is -3.06. The lowest BCUT2D eigenvalue weighted by Gasteiger charge is -2.25. The van der Waals surface area contributed by atoms with Gasteiger partial charge in [-0.1, -0.05) is 11.8 Å². The first kappa shape index (κ1) is 18.3. The highest BCUT2D eigenvalue weighted by Crippen LogP contribution is 2.32. The zero-order valence-corrected chi connectivity index (χ0v) is 16.9. The van der Waals surface area contributed by atoms with Gasteiger partial charge in [-0.25, -0.2) is 0 Å². The van der Waals surface area contributed by atoms with Gasteiger partial charge in [0, 0.05) is 22.8 Å². The highest BCUT2D eigenvalue weighted by Gasteiger charge is 2.34. The fourth-order valence-corrected chi connectivity index (χ4v) is 4.32. The zero-order valence-electron chi connectivity index (χ0n) is 16.1. The van der Waals surface area contributed by atoms with E-state index < -0.39 is 0 Å². The maximum Gasteiger partial charge on any atom is 0.283 e. The van der Waals surface area contributed by atoms with Gasteiger partial charge in [-0.05, 0) is 68.2 Å². The van der Waals surface area contributed by atoms with Crippen LogP contribution in [0.1, 0.15) is 23.9 Å². The molecule has 0 bridgehead atoms. The smallest absolute Gasteiger partial charge is 0.283 e. The molecule has 1 amide bonds. The number of ether oxygens (including phenoxy) is 1. The summed E-state index contributed by atoms with van der Waals surface area (Å²) in [6.45, 7) is 5.94. The van der Waals surface area contributed by atoms with E-state index in [0.29, 0.717) is 10.7 Å². The molecule has 0 saturated carbocycles. The van der Waals surface area contributed by atoms with Crippen LogP contribution in [0.2, 0.25) is 0 Å². The number of carbonyl (C=O) groups is 1. The summed E-state index contributed by atoms with van der Waals surface area (Å²) in [6.07, 6.45) is 1.77. The van der Waals surface area contributed by atoms with Crippen molar-refractivity contribution in [2.45, 2.75) is 20.8 Å². The number of nitrogens with one attached hydrogen (secondary N) is 1. The number of methoxy groups -OCH3 is 1. The Morgan fingerprint density at radius 3 is 2.57 bits per heavy atom. The number of fused-ring (bicyclic) bond motifs is 1. The lowest BCUT2D eigenvalue weighted by atomic mass is 10.1. The Labute approximate surface area is 167 Å². The van der Waals surface area contributed by atoms with E-state index in [2.05, 4.69) is 9.56 Å². The van der Waals surface area contributed by atoms with Crippen LogP contribution in [-0.4, -0.2) is 33.5 Å². The average Bonchev–Trinajstić information content (AvgIpc) is 3.18. The number of nitrogens with zero attached hydrogens (tertiary/aromatic N) is 3. The molecule has 142 valence electrons. The molecule has 0 spiro atoms. The Bertz CT molecular complexity index is 1090. The third-order valence-corrected chi connectivity index (χ3v) is 5.83. The second kappa shape index (κ2) is 6.83. The lowest BCUT2D eigenvalue weighted by Crippen LogP contribution is -2.37. The van der Waals surface area contributed by atoms with Crippen LogP contribution in [0.25, 0.3) is 11.8 Å².